The monoisotopic (exact) mass is 844 g/mol. The Morgan fingerprint density at radius 3 is 2.34 bits per heavy atom. The van der Waals surface area contributed by atoms with E-state index in [9.17, 15) is 35.2 Å². The SMILES string of the molecule is Cn1nc(NS(C)(=O)=O)c2c(Cl)ccc(-c3ccc(-c4ccccn4)nc3C(Cc3cc(F)cc(F)c3)NC(=O)Cn3nc(C(F)(F)F)c4c3C(F)(F)[C@@H]3C=C[C@H]43)c21. The van der Waals surface area contributed by atoms with Crippen molar-refractivity contribution in [2.45, 2.75) is 37.0 Å². The molecule has 11 nitrogen and oxygen atoms in total. The molecule has 2 aliphatic carbocycles. The smallest absolute Gasteiger partial charge is 0.346 e. The van der Waals surface area contributed by atoms with Crippen molar-refractivity contribution in [3.63, 3.8) is 0 Å². The number of aryl methyl sites for hydroxylation is 1. The van der Waals surface area contributed by atoms with Gasteiger partial charge < -0.3 is 5.32 Å². The van der Waals surface area contributed by atoms with Crippen molar-refractivity contribution >= 4 is 44.3 Å². The number of hydrogen-bond donors (Lipinski definition) is 2. The topological polar surface area (TPSA) is 137 Å². The van der Waals surface area contributed by atoms with Crippen molar-refractivity contribution in [3.8, 4) is 22.5 Å². The third-order valence-corrected chi connectivity index (χ3v) is 10.8. The van der Waals surface area contributed by atoms with E-state index < -0.39 is 81.0 Å². The molecule has 1 unspecified atom stereocenters. The zero-order chi connectivity index (χ0) is 41.5. The molecule has 0 fully saturated rings. The second-order valence-corrected chi connectivity index (χ2v) is 16.1. The molecule has 1 amide bonds. The van der Waals surface area contributed by atoms with Gasteiger partial charge in [-0.2, -0.15) is 32.1 Å². The lowest BCUT2D eigenvalue weighted by Crippen LogP contribution is -2.36. The average Bonchev–Trinajstić information content (AvgIpc) is 3.69. The molecule has 3 atom stereocenters. The molecule has 0 radical (unpaired) electrons. The molecule has 2 aliphatic rings. The highest BCUT2D eigenvalue weighted by atomic mass is 35.5. The van der Waals surface area contributed by atoms with Crippen LogP contribution in [-0.2, 0) is 46.9 Å². The van der Waals surface area contributed by atoms with Crippen molar-refractivity contribution in [1.82, 2.24) is 34.8 Å². The molecule has 4 aromatic heterocycles. The Bertz CT molecular complexity index is 2770. The van der Waals surface area contributed by atoms with E-state index in [4.69, 9.17) is 16.6 Å². The summed E-state index contributed by atoms with van der Waals surface area (Å²) in [5.41, 5.74) is -1.66. The van der Waals surface area contributed by atoms with Gasteiger partial charge in [-0.15, -0.1) is 0 Å². The number of anilines is 1. The molecule has 0 saturated carbocycles. The fraction of sp³-hybridized carbons (Fsp3) is 0.237. The second-order valence-electron chi connectivity index (χ2n) is 13.9. The number of benzene rings is 2. The van der Waals surface area contributed by atoms with Gasteiger partial charge in [0.1, 0.15) is 23.9 Å². The Morgan fingerprint density at radius 1 is 0.983 bits per heavy atom. The summed E-state index contributed by atoms with van der Waals surface area (Å²) in [6.45, 7) is -1.09. The van der Waals surface area contributed by atoms with Gasteiger partial charge in [0.15, 0.2) is 11.5 Å². The summed E-state index contributed by atoms with van der Waals surface area (Å²) in [6.07, 6.45) is -0.704. The quantitative estimate of drug-likeness (QED) is 0.107. The number of nitrogens with zero attached hydrogens (tertiary/aromatic N) is 6. The number of hydrogen-bond acceptors (Lipinski definition) is 7. The number of carbonyl (C=O) groups is 1. The lowest BCUT2D eigenvalue weighted by Gasteiger charge is -2.27. The predicted molar refractivity (Wildman–Crippen MR) is 198 cm³/mol. The minimum atomic E-state index is -5.11. The highest BCUT2D eigenvalue weighted by molar-refractivity contribution is 7.92. The molecule has 0 aliphatic heterocycles. The molecule has 8 rings (SSSR count). The van der Waals surface area contributed by atoms with Crippen LogP contribution in [0.25, 0.3) is 33.4 Å². The van der Waals surface area contributed by atoms with Crippen molar-refractivity contribution in [3.05, 3.63) is 124 Å². The van der Waals surface area contributed by atoms with E-state index in [1.54, 1.807) is 36.4 Å². The Labute approximate surface area is 329 Å². The minimum absolute atomic E-state index is 0.0220. The first-order chi connectivity index (χ1) is 27.3. The molecule has 2 N–H and O–H groups in total. The maximum Gasteiger partial charge on any atom is 0.435 e. The van der Waals surface area contributed by atoms with E-state index >= 15 is 8.78 Å². The van der Waals surface area contributed by atoms with Gasteiger partial charge in [0.2, 0.25) is 15.9 Å². The van der Waals surface area contributed by atoms with Crippen LogP contribution < -0.4 is 10.0 Å². The lowest BCUT2D eigenvalue weighted by molar-refractivity contribution is -0.142. The van der Waals surface area contributed by atoms with Crippen LogP contribution in [0.15, 0.2) is 79.0 Å². The number of sulfonamides is 1. The Kier molecular flexibility index (Phi) is 9.37. The van der Waals surface area contributed by atoms with E-state index in [0.717, 1.165) is 24.5 Å². The zero-order valence-electron chi connectivity index (χ0n) is 30.0. The van der Waals surface area contributed by atoms with Crippen LogP contribution in [-0.4, -0.2) is 50.1 Å². The first-order valence-corrected chi connectivity index (χ1v) is 19.6. The highest BCUT2D eigenvalue weighted by Crippen LogP contribution is 2.60. The van der Waals surface area contributed by atoms with Crippen molar-refractivity contribution in [1.29, 1.82) is 0 Å². The van der Waals surface area contributed by atoms with Gasteiger partial charge in [-0.3, -0.25) is 23.9 Å². The second kappa shape index (κ2) is 13.9. The van der Waals surface area contributed by atoms with E-state index in [1.807, 2.05) is 0 Å². The van der Waals surface area contributed by atoms with E-state index in [0.29, 0.717) is 27.5 Å². The fourth-order valence-electron chi connectivity index (χ4n) is 7.60. The summed E-state index contributed by atoms with van der Waals surface area (Å²) in [5.74, 6) is -9.64. The van der Waals surface area contributed by atoms with Crippen molar-refractivity contribution < 1.29 is 43.9 Å². The number of carbonyl (C=O) groups excluding carboxylic acids is 1. The van der Waals surface area contributed by atoms with Gasteiger partial charge in [-0.05, 0) is 48.4 Å². The van der Waals surface area contributed by atoms with Gasteiger partial charge >= 0.3 is 6.18 Å². The van der Waals surface area contributed by atoms with Crippen molar-refractivity contribution in [2.75, 3.05) is 11.0 Å². The number of alkyl halides is 5. The normalized spacial score (nSPS) is 17.5. The first-order valence-electron chi connectivity index (χ1n) is 17.3. The van der Waals surface area contributed by atoms with Crippen LogP contribution in [0.1, 0.15) is 40.2 Å². The minimum Gasteiger partial charge on any atom is -0.346 e. The van der Waals surface area contributed by atoms with Gasteiger partial charge in [0, 0.05) is 41.9 Å². The number of allylic oxidation sites excluding steroid dienone is 2. The van der Waals surface area contributed by atoms with Crippen LogP contribution in [0.2, 0.25) is 5.02 Å². The average molecular weight is 845 g/mol. The highest BCUT2D eigenvalue weighted by Gasteiger charge is 2.61. The Morgan fingerprint density at radius 2 is 1.71 bits per heavy atom. The summed E-state index contributed by atoms with van der Waals surface area (Å²) in [7, 11) is -2.32. The van der Waals surface area contributed by atoms with E-state index in [2.05, 4.69) is 25.2 Å². The van der Waals surface area contributed by atoms with E-state index in [-0.39, 0.29) is 45.2 Å². The summed E-state index contributed by atoms with van der Waals surface area (Å²) in [6, 6.07) is 12.6. The number of nitrogens with one attached hydrogen (secondary N) is 2. The van der Waals surface area contributed by atoms with Crippen LogP contribution in [0.3, 0.4) is 0 Å². The summed E-state index contributed by atoms with van der Waals surface area (Å²) in [5, 5.41) is 10.8. The van der Waals surface area contributed by atoms with Crippen LogP contribution >= 0.6 is 11.6 Å². The number of fused-ring (bicyclic) bond motifs is 4. The molecular formula is C38H28ClF7N8O3S. The Balaban J connectivity index is 1.29. The van der Waals surface area contributed by atoms with Crippen molar-refractivity contribution in [2.24, 2.45) is 13.0 Å². The van der Waals surface area contributed by atoms with Crippen LogP contribution in [0, 0.1) is 17.6 Å². The maximum absolute atomic E-state index is 15.6. The fourth-order valence-corrected chi connectivity index (χ4v) is 8.34. The predicted octanol–water partition coefficient (Wildman–Crippen LogP) is 7.69. The molecule has 0 spiro atoms. The molecular weight excluding hydrogens is 817 g/mol. The number of rotatable bonds is 10. The molecule has 6 aromatic rings. The van der Waals surface area contributed by atoms with E-state index in [1.165, 1.54) is 30.1 Å². The summed E-state index contributed by atoms with van der Waals surface area (Å²) >= 11 is 6.59. The number of halogens is 8. The van der Waals surface area contributed by atoms with Gasteiger partial charge in [0.25, 0.3) is 5.92 Å². The summed E-state index contributed by atoms with van der Waals surface area (Å²) < 4.78 is 131. The molecule has 0 bridgehead atoms. The first kappa shape index (κ1) is 39.0. The number of pyridine rings is 2. The van der Waals surface area contributed by atoms with Crippen LogP contribution in [0.4, 0.5) is 36.6 Å². The molecule has 58 heavy (non-hydrogen) atoms. The Hall–Kier alpha value is -5.82. The molecule has 4 heterocycles. The maximum atomic E-state index is 15.6. The van der Waals surface area contributed by atoms with Gasteiger partial charge in [-0.1, -0.05) is 42.0 Å². The van der Waals surface area contributed by atoms with Gasteiger partial charge in [-0.25, -0.2) is 22.2 Å². The largest absolute Gasteiger partial charge is 0.435 e. The molecule has 0 saturated heterocycles. The zero-order valence-corrected chi connectivity index (χ0v) is 31.6. The summed E-state index contributed by atoms with van der Waals surface area (Å²) in [4.78, 5) is 23.2. The van der Waals surface area contributed by atoms with Gasteiger partial charge in [0.05, 0.1) is 51.2 Å². The van der Waals surface area contributed by atoms with Crippen LogP contribution in [0.5, 0.6) is 0 Å². The third kappa shape index (κ3) is 6.95. The third-order valence-electron chi connectivity index (χ3n) is 9.92. The molecule has 2 aromatic carbocycles. The molecule has 300 valence electrons. The number of amides is 1. The number of aromatic nitrogens is 6. The standard InChI is InChI=1S/C38H28ClF7N8O3S/c1-53-33-22(7-10-25(39)31(33)36(51-53)52-58(2,56)57)21-8-11-27(26-5-3-4-12-47-26)49-32(21)28(15-18-13-19(40)16-20(41)14-18)48-29(55)17-54-35-30(34(50-54)38(44,45)46)23-6-9-24(23)37(35,42)43/h3-14,16,23-24,28H,15,17H2,1-2H3,(H,48,55)(H,51,52)/t23-,24+,28?/m0/s1. The molecule has 20 heteroatoms. The lowest BCUT2D eigenvalue weighted by atomic mass is 9.81.